The van der Waals surface area contributed by atoms with Crippen molar-refractivity contribution in [2.45, 2.75) is 25.1 Å². The molecule has 3 aromatic rings. The normalized spacial score (nSPS) is 12.1. The van der Waals surface area contributed by atoms with Gasteiger partial charge in [-0.3, -0.25) is 9.59 Å². The van der Waals surface area contributed by atoms with Gasteiger partial charge < -0.3 is 40.2 Å². The van der Waals surface area contributed by atoms with Gasteiger partial charge in [-0.1, -0.05) is 42.5 Å². The summed E-state index contributed by atoms with van der Waals surface area (Å²) in [5.41, 5.74) is 4.09. The number of aliphatic hydroxyl groups excluding tert-OH is 1. The molecule has 0 fully saturated rings. The van der Waals surface area contributed by atoms with E-state index in [-0.39, 0.29) is 30.3 Å². The minimum Gasteiger partial charge on any atom is -0.508 e. The number of carboxylic acid groups (broad SMARTS) is 1. The molecule has 0 saturated heterocycles. The topological polar surface area (TPSA) is 205 Å². The van der Waals surface area contributed by atoms with Crippen LogP contribution in [0.4, 0.5) is 4.79 Å². The molecule has 14 nitrogen and oxygen atoms in total. The second-order valence-electron chi connectivity index (χ2n) is 9.32. The van der Waals surface area contributed by atoms with Crippen LogP contribution < -0.4 is 25.5 Å². The number of amides is 3. The number of nitrogens with one attached hydrogen (secondary N) is 3. The van der Waals surface area contributed by atoms with Crippen LogP contribution in [0.25, 0.3) is 0 Å². The van der Waals surface area contributed by atoms with Gasteiger partial charge in [0.1, 0.15) is 24.4 Å². The van der Waals surface area contributed by atoms with Crippen molar-refractivity contribution in [3.63, 3.8) is 0 Å². The molecule has 45 heavy (non-hydrogen) atoms. The van der Waals surface area contributed by atoms with Crippen molar-refractivity contribution >= 4 is 46.0 Å². The summed E-state index contributed by atoms with van der Waals surface area (Å²) in [5, 5.41) is 37.0. The zero-order valence-corrected chi connectivity index (χ0v) is 25.5. The molecule has 0 aliphatic heterocycles. The number of hydrazone groups is 1. The van der Waals surface area contributed by atoms with Crippen molar-refractivity contribution in [3.8, 4) is 17.2 Å². The molecule has 3 aromatic carbocycles. The SMILES string of the molecule is COc1cc(/C=N\NC(=O)[C@H](Cc2ccc(O)cc2)NC(=O)[C@H](CO)NC(=O)OCc2ccccc2)cc(Br)c1OCC(=O)O. The largest absolute Gasteiger partial charge is 0.508 e. The van der Waals surface area contributed by atoms with Gasteiger partial charge in [0.15, 0.2) is 18.1 Å². The molecule has 0 unspecified atom stereocenters. The maximum atomic E-state index is 13.2. The second kappa shape index (κ2) is 17.2. The number of halogens is 1. The van der Waals surface area contributed by atoms with E-state index in [2.05, 4.69) is 37.1 Å². The molecule has 15 heteroatoms. The first-order valence-corrected chi connectivity index (χ1v) is 14.1. The van der Waals surface area contributed by atoms with Gasteiger partial charge >= 0.3 is 12.1 Å². The summed E-state index contributed by atoms with van der Waals surface area (Å²) in [6.07, 6.45) is 0.309. The molecule has 3 rings (SSSR count). The van der Waals surface area contributed by atoms with Crippen LogP contribution >= 0.6 is 15.9 Å². The van der Waals surface area contributed by atoms with Gasteiger partial charge in [-0.15, -0.1) is 0 Å². The van der Waals surface area contributed by atoms with Crippen LogP contribution in [0.2, 0.25) is 0 Å². The van der Waals surface area contributed by atoms with E-state index in [1.807, 2.05) is 0 Å². The molecule has 0 bridgehead atoms. The number of nitrogens with zero attached hydrogens (tertiary/aromatic N) is 1. The van der Waals surface area contributed by atoms with Gasteiger partial charge in [0.25, 0.3) is 5.91 Å². The highest BCUT2D eigenvalue weighted by Gasteiger charge is 2.27. The lowest BCUT2D eigenvalue weighted by Crippen LogP contribution is -2.55. The summed E-state index contributed by atoms with van der Waals surface area (Å²) >= 11 is 3.29. The molecule has 3 amide bonds. The lowest BCUT2D eigenvalue weighted by molar-refractivity contribution is -0.139. The van der Waals surface area contributed by atoms with Gasteiger partial charge in [-0.05, 0) is 56.9 Å². The van der Waals surface area contributed by atoms with Crippen LogP contribution in [0.15, 0.2) is 76.3 Å². The van der Waals surface area contributed by atoms with E-state index in [0.717, 1.165) is 5.56 Å². The number of carbonyl (C=O) groups is 4. The van der Waals surface area contributed by atoms with Gasteiger partial charge in [0.2, 0.25) is 5.91 Å². The number of phenolic OH excluding ortho intramolecular Hbond substituents is 1. The number of aliphatic carboxylic acids is 1. The van der Waals surface area contributed by atoms with Crippen molar-refractivity contribution in [1.82, 2.24) is 16.1 Å². The molecule has 0 aliphatic rings. The van der Waals surface area contributed by atoms with Crippen molar-refractivity contribution in [3.05, 3.63) is 87.9 Å². The molecule has 0 heterocycles. The Labute approximate surface area is 266 Å². The minimum absolute atomic E-state index is 0.00733. The molecule has 0 saturated carbocycles. The number of aromatic hydroxyl groups is 1. The van der Waals surface area contributed by atoms with Crippen molar-refractivity contribution in [2.75, 3.05) is 20.3 Å². The van der Waals surface area contributed by atoms with Gasteiger partial charge in [-0.25, -0.2) is 15.0 Å². The van der Waals surface area contributed by atoms with Crippen LogP contribution in [0.1, 0.15) is 16.7 Å². The summed E-state index contributed by atoms with van der Waals surface area (Å²) in [7, 11) is 1.37. The number of rotatable bonds is 15. The Kier molecular flexibility index (Phi) is 13.1. The molecule has 0 spiro atoms. The smallest absolute Gasteiger partial charge is 0.408 e. The van der Waals surface area contributed by atoms with Crippen LogP contribution in [-0.4, -0.2) is 77.8 Å². The molecule has 0 aromatic heterocycles. The fourth-order valence-corrected chi connectivity index (χ4v) is 4.36. The number of ether oxygens (including phenoxy) is 3. The first kappa shape index (κ1) is 34.3. The number of methoxy groups -OCH3 is 1. The second-order valence-corrected chi connectivity index (χ2v) is 10.2. The molecule has 238 valence electrons. The summed E-state index contributed by atoms with van der Waals surface area (Å²) in [4.78, 5) is 49.3. The standard InChI is InChI=1S/C30H31BrN4O10/c1-43-25-13-20(11-22(31)27(25)44-17-26(38)39)14-32-35-29(41)23(12-18-7-9-21(37)10-8-18)33-28(40)24(15-36)34-30(42)45-16-19-5-3-2-4-6-19/h2-11,13-14,23-24,36-37H,12,15-17H2,1H3,(H,33,40)(H,34,42)(H,35,41)(H,38,39)/b32-14-/t23-,24-/m0/s1. The minimum atomic E-state index is -1.43. The zero-order chi connectivity index (χ0) is 32.8. The van der Waals surface area contributed by atoms with E-state index in [9.17, 15) is 29.4 Å². The fourth-order valence-electron chi connectivity index (χ4n) is 3.79. The van der Waals surface area contributed by atoms with Crippen LogP contribution in [0.5, 0.6) is 17.2 Å². The third kappa shape index (κ3) is 11.1. The highest BCUT2D eigenvalue weighted by atomic mass is 79.9. The third-order valence-corrected chi connectivity index (χ3v) is 6.58. The first-order chi connectivity index (χ1) is 21.6. The summed E-state index contributed by atoms with van der Waals surface area (Å²) in [6.45, 7) is -1.42. The predicted molar refractivity (Wildman–Crippen MR) is 164 cm³/mol. The average Bonchev–Trinajstić information content (AvgIpc) is 3.02. The summed E-state index contributed by atoms with van der Waals surface area (Å²) < 4.78 is 16.0. The first-order valence-electron chi connectivity index (χ1n) is 13.3. The van der Waals surface area contributed by atoms with Crippen molar-refractivity contribution in [1.29, 1.82) is 0 Å². The zero-order valence-electron chi connectivity index (χ0n) is 23.9. The summed E-state index contributed by atoms with van der Waals surface area (Å²) in [6, 6.07) is 15.2. The van der Waals surface area contributed by atoms with Crippen LogP contribution in [0, 0.1) is 0 Å². The summed E-state index contributed by atoms with van der Waals surface area (Å²) in [5.74, 6) is -2.39. The van der Waals surface area contributed by atoms with Gasteiger partial charge in [0.05, 0.1) is 24.4 Å². The maximum Gasteiger partial charge on any atom is 0.408 e. The van der Waals surface area contributed by atoms with E-state index in [1.54, 1.807) is 48.5 Å². The molecule has 2 atom stereocenters. The third-order valence-electron chi connectivity index (χ3n) is 5.99. The quantitative estimate of drug-likeness (QED) is 0.101. The lowest BCUT2D eigenvalue weighted by atomic mass is 10.0. The number of benzene rings is 3. The van der Waals surface area contributed by atoms with E-state index in [4.69, 9.17) is 19.3 Å². The van der Waals surface area contributed by atoms with E-state index < -0.39 is 49.2 Å². The predicted octanol–water partition coefficient (Wildman–Crippen LogP) is 2.09. The van der Waals surface area contributed by atoms with E-state index >= 15 is 0 Å². The van der Waals surface area contributed by atoms with Crippen LogP contribution in [-0.2, 0) is 32.1 Å². The number of hydrogen-bond donors (Lipinski definition) is 6. The Morgan fingerprint density at radius 1 is 0.956 bits per heavy atom. The maximum absolute atomic E-state index is 13.2. The monoisotopic (exact) mass is 686 g/mol. The molecule has 0 radical (unpaired) electrons. The number of aliphatic hydroxyl groups is 1. The van der Waals surface area contributed by atoms with Crippen molar-refractivity contribution < 1.29 is 48.7 Å². The number of phenols is 1. The Balaban J connectivity index is 1.69. The molecule has 6 N–H and O–H groups in total. The number of carbonyl (C=O) groups excluding carboxylic acids is 3. The molecule has 0 aliphatic carbocycles. The Morgan fingerprint density at radius 2 is 1.67 bits per heavy atom. The lowest BCUT2D eigenvalue weighted by Gasteiger charge is -2.21. The van der Waals surface area contributed by atoms with Crippen LogP contribution in [0.3, 0.4) is 0 Å². The average molecular weight is 688 g/mol. The van der Waals surface area contributed by atoms with E-state index in [0.29, 0.717) is 15.6 Å². The Hall–Kier alpha value is -5.15. The Bertz CT molecular complexity index is 1500. The number of hydrogen-bond acceptors (Lipinski definition) is 10. The van der Waals surface area contributed by atoms with Gasteiger partial charge in [-0.2, -0.15) is 5.10 Å². The Morgan fingerprint density at radius 3 is 2.31 bits per heavy atom. The molecular weight excluding hydrogens is 656 g/mol. The van der Waals surface area contributed by atoms with E-state index in [1.165, 1.54) is 31.5 Å². The fraction of sp³-hybridized carbons (Fsp3) is 0.233. The number of alkyl carbamates (subject to hydrolysis) is 1. The van der Waals surface area contributed by atoms with Gasteiger partial charge in [0, 0.05) is 6.42 Å². The molecular formula is C30H31BrN4O10. The highest BCUT2D eigenvalue weighted by molar-refractivity contribution is 9.10. The van der Waals surface area contributed by atoms with Crippen molar-refractivity contribution in [2.24, 2.45) is 5.10 Å². The number of carboxylic acids is 1. The highest BCUT2D eigenvalue weighted by Crippen LogP contribution is 2.36.